The van der Waals surface area contributed by atoms with Gasteiger partial charge in [0.25, 0.3) is 17.4 Å². The molecule has 1 aromatic carbocycles. The molecule has 2 aliphatic rings. The minimum absolute atomic E-state index is 0.00759. The standard InChI is InChI=1S/C17H13N3O7/c1-25-8-3-6-5-27-17(24)10(6)12(13(8)26-2)20-9(21)4-7-11(14(20)18)16(23)19-15(7)22/h3-4H,5,18H2,1-2H3,(H,19,22,23). The molecule has 0 unspecified atom stereocenters. The minimum Gasteiger partial charge on any atom is -0.493 e. The lowest BCUT2D eigenvalue weighted by molar-refractivity contribution is 0.0534. The first-order valence-corrected chi connectivity index (χ1v) is 7.75. The summed E-state index contributed by atoms with van der Waals surface area (Å²) in [5.74, 6) is -2.11. The van der Waals surface area contributed by atoms with Crippen LogP contribution in [0.25, 0.3) is 5.69 Å². The predicted molar refractivity (Wildman–Crippen MR) is 90.5 cm³/mol. The second kappa shape index (κ2) is 5.59. The van der Waals surface area contributed by atoms with E-state index in [0.29, 0.717) is 5.56 Å². The van der Waals surface area contributed by atoms with Crippen molar-refractivity contribution >= 4 is 23.6 Å². The minimum atomic E-state index is -0.734. The normalized spacial score (nSPS) is 14.5. The Kier molecular flexibility index (Phi) is 3.45. The quantitative estimate of drug-likeness (QED) is 0.567. The predicted octanol–water partition coefficient (Wildman–Crippen LogP) is -0.00910. The number of benzene rings is 1. The molecule has 2 aliphatic heterocycles. The maximum atomic E-state index is 12.8. The number of nitrogens with one attached hydrogen (secondary N) is 1. The lowest BCUT2D eigenvalue weighted by Gasteiger charge is -2.19. The number of hydrogen-bond acceptors (Lipinski definition) is 8. The molecule has 4 rings (SSSR count). The number of carbonyl (C=O) groups excluding carboxylic acids is 3. The van der Waals surface area contributed by atoms with Gasteiger partial charge in [-0.15, -0.1) is 0 Å². The summed E-state index contributed by atoms with van der Waals surface area (Å²) in [6.07, 6.45) is 0. The van der Waals surface area contributed by atoms with E-state index in [0.717, 1.165) is 10.6 Å². The molecule has 0 spiro atoms. The van der Waals surface area contributed by atoms with Crippen LogP contribution in [-0.4, -0.2) is 36.6 Å². The van der Waals surface area contributed by atoms with Crippen LogP contribution in [0.5, 0.6) is 11.5 Å². The van der Waals surface area contributed by atoms with Gasteiger partial charge in [-0.05, 0) is 6.07 Å². The van der Waals surface area contributed by atoms with Crippen LogP contribution in [0.1, 0.15) is 36.6 Å². The molecular formula is C17H13N3O7. The monoisotopic (exact) mass is 371 g/mol. The highest BCUT2D eigenvalue weighted by Crippen LogP contribution is 2.42. The van der Waals surface area contributed by atoms with E-state index >= 15 is 0 Å². The van der Waals surface area contributed by atoms with Crippen LogP contribution in [0.15, 0.2) is 16.9 Å². The molecule has 3 N–H and O–H groups in total. The molecule has 2 aromatic rings. The van der Waals surface area contributed by atoms with Crippen molar-refractivity contribution in [1.29, 1.82) is 0 Å². The second-order valence-electron chi connectivity index (χ2n) is 5.85. The molecular weight excluding hydrogens is 358 g/mol. The van der Waals surface area contributed by atoms with Gasteiger partial charge in [0.05, 0.1) is 30.9 Å². The van der Waals surface area contributed by atoms with Crippen molar-refractivity contribution in [3.8, 4) is 17.2 Å². The first kappa shape index (κ1) is 16.6. The van der Waals surface area contributed by atoms with E-state index in [1.165, 1.54) is 14.2 Å². The maximum absolute atomic E-state index is 12.8. The van der Waals surface area contributed by atoms with Crippen molar-refractivity contribution in [2.45, 2.75) is 6.61 Å². The summed E-state index contributed by atoms with van der Waals surface area (Å²) in [5, 5.41) is 2.08. The molecule has 10 heteroatoms. The molecule has 10 nitrogen and oxygen atoms in total. The summed E-state index contributed by atoms with van der Waals surface area (Å²) in [4.78, 5) is 49.0. The van der Waals surface area contributed by atoms with Gasteiger partial charge in [0.2, 0.25) is 0 Å². The van der Waals surface area contributed by atoms with Crippen LogP contribution in [0, 0.1) is 0 Å². The first-order valence-electron chi connectivity index (χ1n) is 7.75. The van der Waals surface area contributed by atoms with Gasteiger partial charge in [0.1, 0.15) is 18.1 Å². The number of imide groups is 1. The Bertz CT molecular complexity index is 1120. The number of anilines is 1. The van der Waals surface area contributed by atoms with Gasteiger partial charge in [0, 0.05) is 11.6 Å². The Morgan fingerprint density at radius 2 is 1.81 bits per heavy atom. The van der Waals surface area contributed by atoms with Gasteiger partial charge in [0.15, 0.2) is 11.5 Å². The maximum Gasteiger partial charge on any atom is 0.341 e. The molecule has 2 amide bonds. The van der Waals surface area contributed by atoms with Crippen molar-refractivity contribution in [2.24, 2.45) is 0 Å². The van der Waals surface area contributed by atoms with Crippen LogP contribution in [0.4, 0.5) is 5.82 Å². The number of hydrogen-bond donors (Lipinski definition) is 2. The van der Waals surface area contributed by atoms with E-state index in [9.17, 15) is 19.2 Å². The fraction of sp³-hybridized carbons (Fsp3) is 0.176. The first-order chi connectivity index (χ1) is 12.9. The number of methoxy groups -OCH3 is 2. The number of pyridine rings is 1. The van der Waals surface area contributed by atoms with E-state index in [2.05, 4.69) is 5.32 Å². The number of nitrogens with two attached hydrogens (primary N) is 1. The number of ether oxygens (including phenoxy) is 3. The number of nitrogen functional groups attached to an aromatic ring is 1. The third-order valence-electron chi connectivity index (χ3n) is 4.47. The number of fused-ring (bicyclic) bond motifs is 2. The molecule has 138 valence electrons. The van der Waals surface area contributed by atoms with Crippen LogP contribution in [0.3, 0.4) is 0 Å². The molecule has 0 saturated carbocycles. The average Bonchev–Trinajstić information content (AvgIpc) is 3.13. The molecule has 1 aromatic heterocycles. The number of nitrogens with zero attached hydrogens (tertiary/aromatic N) is 1. The largest absolute Gasteiger partial charge is 0.493 e. The number of cyclic esters (lactones) is 1. The molecule has 0 atom stereocenters. The summed E-state index contributed by atoms with van der Waals surface area (Å²) in [6, 6.07) is 2.55. The molecule has 0 bridgehead atoms. The third-order valence-corrected chi connectivity index (χ3v) is 4.47. The fourth-order valence-corrected chi connectivity index (χ4v) is 3.31. The summed E-state index contributed by atoms with van der Waals surface area (Å²) < 4.78 is 16.6. The second-order valence-corrected chi connectivity index (χ2v) is 5.85. The Labute approximate surface area is 151 Å². The van der Waals surface area contributed by atoms with Crippen LogP contribution >= 0.6 is 0 Å². The Morgan fingerprint density at radius 3 is 2.48 bits per heavy atom. The van der Waals surface area contributed by atoms with Crippen LogP contribution in [0.2, 0.25) is 0 Å². The lowest BCUT2D eigenvalue weighted by atomic mass is 10.0. The molecule has 0 saturated heterocycles. The summed E-state index contributed by atoms with van der Waals surface area (Å²) in [6.45, 7) is -0.0138. The van der Waals surface area contributed by atoms with Gasteiger partial charge < -0.3 is 19.9 Å². The highest BCUT2D eigenvalue weighted by molar-refractivity contribution is 6.23. The zero-order valence-corrected chi connectivity index (χ0v) is 14.2. The molecule has 3 heterocycles. The Hall–Kier alpha value is -3.82. The third kappa shape index (κ3) is 2.13. The molecule has 0 aliphatic carbocycles. The van der Waals surface area contributed by atoms with Crippen LogP contribution in [-0.2, 0) is 11.3 Å². The van der Waals surface area contributed by atoms with Gasteiger partial charge in [-0.1, -0.05) is 0 Å². The number of esters is 1. The van der Waals surface area contributed by atoms with Gasteiger partial charge in [-0.25, -0.2) is 4.79 Å². The van der Waals surface area contributed by atoms with E-state index < -0.39 is 23.3 Å². The smallest absolute Gasteiger partial charge is 0.341 e. The van der Waals surface area contributed by atoms with Crippen molar-refractivity contribution < 1.29 is 28.6 Å². The Balaban J connectivity index is 2.15. The number of aromatic nitrogens is 1. The molecule has 0 radical (unpaired) electrons. The average molecular weight is 371 g/mol. The van der Waals surface area contributed by atoms with Crippen LogP contribution < -0.4 is 26.1 Å². The number of carbonyl (C=O) groups is 3. The number of amides is 2. The van der Waals surface area contributed by atoms with Crippen molar-refractivity contribution in [3.63, 3.8) is 0 Å². The van der Waals surface area contributed by atoms with E-state index in [1.807, 2.05) is 0 Å². The van der Waals surface area contributed by atoms with E-state index in [1.54, 1.807) is 6.07 Å². The van der Waals surface area contributed by atoms with E-state index in [4.69, 9.17) is 19.9 Å². The fourth-order valence-electron chi connectivity index (χ4n) is 3.31. The molecule has 27 heavy (non-hydrogen) atoms. The van der Waals surface area contributed by atoms with Crippen molar-refractivity contribution in [1.82, 2.24) is 9.88 Å². The van der Waals surface area contributed by atoms with Crippen molar-refractivity contribution in [3.05, 3.63) is 44.7 Å². The Morgan fingerprint density at radius 1 is 1.07 bits per heavy atom. The van der Waals surface area contributed by atoms with E-state index in [-0.39, 0.29) is 46.3 Å². The summed E-state index contributed by atoms with van der Waals surface area (Å²) >= 11 is 0. The van der Waals surface area contributed by atoms with Gasteiger partial charge in [-0.3, -0.25) is 24.3 Å². The summed E-state index contributed by atoms with van der Waals surface area (Å²) in [7, 11) is 2.73. The number of rotatable bonds is 3. The molecule has 0 fully saturated rings. The topological polar surface area (TPSA) is 139 Å². The van der Waals surface area contributed by atoms with Gasteiger partial charge >= 0.3 is 5.97 Å². The van der Waals surface area contributed by atoms with Crippen molar-refractivity contribution in [2.75, 3.05) is 20.0 Å². The summed E-state index contributed by atoms with van der Waals surface area (Å²) in [5.41, 5.74) is 5.62. The zero-order valence-electron chi connectivity index (χ0n) is 14.2. The highest BCUT2D eigenvalue weighted by atomic mass is 16.5. The highest BCUT2D eigenvalue weighted by Gasteiger charge is 2.36. The zero-order chi connectivity index (χ0) is 19.5. The SMILES string of the molecule is COc1cc2c(c(-n3c(N)c4c(cc3=O)C(=O)NC4=O)c1OC)C(=O)OC2. The lowest BCUT2D eigenvalue weighted by Crippen LogP contribution is -2.26. The van der Waals surface area contributed by atoms with Gasteiger partial charge in [-0.2, -0.15) is 0 Å².